The van der Waals surface area contributed by atoms with Crippen molar-refractivity contribution >= 4 is 17.7 Å². The number of aliphatic imine (C=N–C) groups is 1. The molecule has 106 valence electrons. The number of benzene rings is 1. The molecular formula is C14H23N3OS. The molecule has 0 aliphatic carbocycles. The normalized spacial score (nSPS) is 13.1. The number of hydrogen-bond donors (Lipinski definition) is 2. The lowest BCUT2D eigenvalue weighted by Gasteiger charge is -2.17. The molecule has 1 atom stereocenters. The first kappa shape index (κ1) is 15.9. The zero-order valence-corrected chi connectivity index (χ0v) is 12.7. The second-order valence-electron chi connectivity index (χ2n) is 4.16. The van der Waals surface area contributed by atoms with Gasteiger partial charge in [0.2, 0.25) is 0 Å². The van der Waals surface area contributed by atoms with Gasteiger partial charge in [0, 0.05) is 37.4 Å². The lowest BCUT2D eigenvalue weighted by molar-refractivity contribution is 0.179. The van der Waals surface area contributed by atoms with Gasteiger partial charge in [0.15, 0.2) is 5.96 Å². The summed E-state index contributed by atoms with van der Waals surface area (Å²) in [7, 11) is 3.48. The summed E-state index contributed by atoms with van der Waals surface area (Å²) in [6, 6.07) is 10.6. The highest BCUT2D eigenvalue weighted by molar-refractivity contribution is 7.99. The molecule has 19 heavy (non-hydrogen) atoms. The van der Waals surface area contributed by atoms with Crippen molar-refractivity contribution in [3.05, 3.63) is 30.3 Å². The molecule has 0 bridgehead atoms. The molecule has 0 spiro atoms. The zero-order valence-electron chi connectivity index (χ0n) is 11.8. The highest BCUT2D eigenvalue weighted by Gasteiger charge is 2.03. The third-order valence-corrected chi connectivity index (χ3v) is 3.44. The van der Waals surface area contributed by atoms with E-state index in [0.717, 1.165) is 18.3 Å². The summed E-state index contributed by atoms with van der Waals surface area (Å²) in [6.07, 6.45) is 0. The number of thioether (sulfide) groups is 1. The summed E-state index contributed by atoms with van der Waals surface area (Å²) >= 11 is 1.83. The van der Waals surface area contributed by atoms with Gasteiger partial charge < -0.3 is 15.4 Å². The number of nitrogens with zero attached hydrogens (tertiary/aromatic N) is 1. The number of ether oxygens (including phenoxy) is 1. The SMILES string of the molecule is CN=C(NCCSc1ccccc1)NC(C)COC. The molecule has 0 heterocycles. The number of rotatable bonds is 7. The van der Waals surface area contributed by atoms with Crippen LogP contribution < -0.4 is 10.6 Å². The van der Waals surface area contributed by atoms with Crippen LogP contribution in [-0.2, 0) is 4.74 Å². The molecule has 1 unspecified atom stereocenters. The largest absolute Gasteiger partial charge is 0.383 e. The first-order valence-corrected chi connectivity index (χ1v) is 7.38. The maximum absolute atomic E-state index is 5.08. The van der Waals surface area contributed by atoms with E-state index in [1.165, 1.54) is 4.90 Å². The number of hydrogen-bond acceptors (Lipinski definition) is 3. The molecule has 4 nitrogen and oxygen atoms in total. The second kappa shape index (κ2) is 9.69. The van der Waals surface area contributed by atoms with Crippen molar-refractivity contribution in [1.82, 2.24) is 10.6 Å². The Kier molecular flexibility index (Phi) is 8.09. The molecule has 5 heteroatoms. The van der Waals surface area contributed by atoms with Crippen LogP contribution >= 0.6 is 11.8 Å². The first-order valence-electron chi connectivity index (χ1n) is 6.40. The first-order chi connectivity index (χ1) is 9.26. The van der Waals surface area contributed by atoms with Gasteiger partial charge in [-0.3, -0.25) is 4.99 Å². The van der Waals surface area contributed by atoms with Crippen LogP contribution in [0.15, 0.2) is 40.2 Å². The molecule has 0 aromatic heterocycles. The van der Waals surface area contributed by atoms with E-state index in [2.05, 4.69) is 46.8 Å². The van der Waals surface area contributed by atoms with Gasteiger partial charge in [0.05, 0.1) is 6.61 Å². The van der Waals surface area contributed by atoms with E-state index < -0.39 is 0 Å². The minimum absolute atomic E-state index is 0.248. The van der Waals surface area contributed by atoms with Gasteiger partial charge in [-0.05, 0) is 19.1 Å². The lowest BCUT2D eigenvalue weighted by Crippen LogP contribution is -2.44. The zero-order chi connectivity index (χ0) is 13.9. The van der Waals surface area contributed by atoms with E-state index in [4.69, 9.17) is 4.74 Å². The van der Waals surface area contributed by atoms with E-state index >= 15 is 0 Å². The van der Waals surface area contributed by atoms with Crippen molar-refractivity contribution in [3.63, 3.8) is 0 Å². The van der Waals surface area contributed by atoms with E-state index in [9.17, 15) is 0 Å². The predicted octanol–water partition coefficient (Wildman–Crippen LogP) is 1.98. The molecule has 0 aliphatic rings. The highest BCUT2D eigenvalue weighted by atomic mass is 32.2. The van der Waals surface area contributed by atoms with Gasteiger partial charge in [-0.2, -0.15) is 0 Å². The van der Waals surface area contributed by atoms with Crippen molar-refractivity contribution in [1.29, 1.82) is 0 Å². The Bertz CT molecular complexity index is 370. The average Bonchev–Trinajstić information content (AvgIpc) is 2.43. The van der Waals surface area contributed by atoms with Gasteiger partial charge in [0.1, 0.15) is 0 Å². The van der Waals surface area contributed by atoms with Crippen LogP contribution in [0.1, 0.15) is 6.92 Å². The topological polar surface area (TPSA) is 45.7 Å². The van der Waals surface area contributed by atoms with Crippen molar-refractivity contribution < 1.29 is 4.74 Å². The van der Waals surface area contributed by atoms with Gasteiger partial charge in [-0.25, -0.2) is 0 Å². The lowest BCUT2D eigenvalue weighted by atomic mass is 10.4. The van der Waals surface area contributed by atoms with Crippen LogP contribution in [0.3, 0.4) is 0 Å². The van der Waals surface area contributed by atoms with E-state index in [0.29, 0.717) is 6.61 Å². The summed E-state index contributed by atoms with van der Waals surface area (Å²) in [4.78, 5) is 5.48. The molecular weight excluding hydrogens is 258 g/mol. The summed E-state index contributed by atoms with van der Waals surface area (Å²) in [5, 5.41) is 6.56. The molecule has 1 rings (SSSR count). The van der Waals surface area contributed by atoms with Crippen molar-refractivity contribution in [2.75, 3.05) is 33.1 Å². The predicted molar refractivity (Wildman–Crippen MR) is 83.0 cm³/mol. The molecule has 0 amide bonds. The number of methoxy groups -OCH3 is 1. The summed E-state index contributed by atoms with van der Waals surface area (Å²) in [5.41, 5.74) is 0. The molecule has 1 aromatic carbocycles. The Morgan fingerprint density at radius 3 is 2.74 bits per heavy atom. The Labute approximate surface area is 120 Å². The average molecular weight is 281 g/mol. The maximum Gasteiger partial charge on any atom is 0.191 e. The van der Waals surface area contributed by atoms with Crippen molar-refractivity contribution in [2.45, 2.75) is 17.9 Å². The molecule has 1 aromatic rings. The van der Waals surface area contributed by atoms with E-state index in [-0.39, 0.29) is 6.04 Å². The quantitative estimate of drug-likeness (QED) is 0.347. The second-order valence-corrected chi connectivity index (χ2v) is 5.33. The molecule has 0 saturated carbocycles. The minimum Gasteiger partial charge on any atom is -0.383 e. The number of guanidine groups is 1. The standard InChI is InChI=1S/C14H23N3OS/c1-12(11-18-3)17-14(15-2)16-9-10-19-13-7-5-4-6-8-13/h4-8,12H,9-11H2,1-3H3,(H2,15,16,17). The third kappa shape index (κ3) is 7.08. The third-order valence-electron chi connectivity index (χ3n) is 2.43. The van der Waals surface area contributed by atoms with E-state index in [1.807, 2.05) is 17.8 Å². The number of nitrogens with one attached hydrogen (secondary N) is 2. The van der Waals surface area contributed by atoms with Crippen LogP contribution in [-0.4, -0.2) is 45.1 Å². The van der Waals surface area contributed by atoms with Crippen molar-refractivity contribution in [2.24, 2.45) is 4.99 Å². The van der Waals surface area contributed by atoms with Gasteiger partial charge >= 0.3 is 0 Å². The van der Waals surface area contributed by atoms with Crippen LogP contribution in [0.25, 0.3) is 0 Å². The van der Waals surface area contributed by atoms with Gasteiger partial charge in [-0.15, -0.1) is 11.8 Å². The minimum atomic E-state index is 0.248. The molecule has 0 fully saturated rings. The van der Waals surface area contributed by atoms with E-state index in [1.54, 1.807) is 14.2 Å². The fourth-order valence-corrected chi connectivity index (χ4v) is 2.36. The smallest absolute Gasteiger partial charge is 0.191 e. The van der Waals surface area contributed by atoms with Crippen LogP contribution in [0.4, 0.5) is 0 Å². The Morgan fingerprint density at radius 2 is 2.11 bits per heavy atom. The van der Waals surface area contributed by atoms with Gasteiger partial charge in [-0.1, -0.05) is 18.2 Å². The van der Waals surface area contributed by atoms with Crippen LogP contribution in [0.5, 0.6) is 0 Å². The Hall–Kier alpha value is -1.20. The van der Waals surface area contributed by atoms with Crippen molar-refractivity contribution in [3.8, 4) is 0 Å². The van der Waals surface area contributed by atoms with Gasteiger partial charge in [0.25, 0.3) is 0 Å². The molecule has 0 aliphatic heterocycles. The fourth-order valence-electron chi connectivity index (χ4n) is 1.57. The maximum atomic E-state index is 5.08. The van der Waals surface area contributed by atoms with Crippen LogP contribution in [0, 0.1) is 0 Å². The molecule has 2 N–H and O–H groups in total. The summed E-state index contributed by atoms with van der Waals surface area (Å²) in [5.74, 6) is 1.82. The highest BCUT2D eigenvalue weighted by Crippen LogP contribution is 2.15. The Morgan fingerprint density at radius 1 is 1.37 bits per heavy atom. The van der Waals surface area contributed by atoms with Crippen LogP contribution in [0.2, 0.25) is 0 Å². The molecule has 0 radical (unpaired) electrons. The monoisotopic (exact) mass is 281 g/mol. The molecule has 0 saturated heterocycles. The Balaban J connectivity index is 2.20. The summed E-state index contributed by atoms with van der Waals surface area (Å²) < 4.78 is 5.08. The fraction of sp³-hybridized carbons (Fsp3) is 0.500. The summed E-state index contributed by atoms with van der Waals surface area (Å²) in [6.45, 7) is 3.60.